The SMILES string of the molecule is CN(C)c1ccc(CN=Nc2ccc(C=CI)cn2)cc1. The standard InChI is InChI=1S/C16H17IN4/c1-21(2)15-6-3-13(4-7-15)12-19-20-16-8-5-14(9-10-17)11-18-16/h3-11H,12H2,1-2H3. The molecule has 2 rings (SSSR count). The maximum atomic E-state index is 4.24. The van der Waals surface area contributed by atoms with Crippen LogP contribution in [-0.2, 0) is 6.54 Å². The summed E-state index contributed by atoms with van der Waals surface area (Å²) < 4.78 is 1.95. The van der Waals surface area contributed by atoms with Gasteiger partial charge in [-0.25, -0.2) is 4.98 Å². The predicted molar refractivity (Wildman–Crippen MR) is 96.3 cm³/mol. The third-order valence-corrected chi connectivity index (χ3v) is 3.26. The van der Waals surface area contributed by atoms with Crippen molar-refractivity contribution in [2.75, 3.05) is 19.0 Å². The molecule has 0 unspecified atom stereocenters. The van der Waals surface area contributed by atoms with E-state index in [1.54, 1.807) is 6.20 Å². The molecule has 0 aliphatic heterocycles. The third-order valence-electron chi connectivity index (χ3n) is 2.91. The van der Waals surface area contributed by atoms with Crippen LogP contribution in [0.1, 0.15) is 11.1 Å². The van der Waals surface area contributed by atoms with E-state index in [0.717, 1.165) is 11.1 Å². The molecule has 0 spiro atoms. The van der Waals surface area contributed by atoms with Crippen molar-refractivity contribution in [3.63, 3.8) is 0 Å². The van der Waals surface area contributed by atoms with Crippen LogP contribution >= 0.6 is 22.6 Å². The van der Waals surface area contributed by atoms with Crippen molar-refractivity contribution in [3.05, 3.63) is 57.8 Å². The summed E-state index contributed by atoms with van der Waals surface area (Å²) in [5.41, 5.74) is 3.37. The highest BCUT2D eigenvalue weighted by molar-refractivity contribution is 14.1. The number of nitrogens with zero attached hydrogens (tertiary/aromatic N) is 4. The topological polar surface area (TPSA) is 40.9 Å². The minimum atomic E-state index is 0.560. The van der Waals surface area contributed by atoms with Crippen LogP contribution in [0, 0.1) is 0 Å². The summed E-state index contributed by atoms with van der Waals surface area (Å²) in [5.74, 6) is 0.630. The zero-order valence-corrected chi connectivity index (χ0v) is 14.2. The molecule has 0 radical (unpaired) electrons. The van der Waals surface area contributed by atoms with E-state index in [2.05, 4.69) is 67.0 Å². The Hall–Kier alpha value is -1.76. The second kappa shape index (κ2) is 7.87. The van der Waals surface area contributed by atoms with E-state index < -0.39 is 0 Å². The van der Waals surface area contributed by atoms with Gasteiger partial charge in [-0.1, -0.05) is 34.7 Å². The molecule has 108 valence electrons. The highest BCUT2D eigenvalue weighted by Crippen LogP contribution is 2.14. The van der Waals surface area contributed by atoms with Crippen molar-refractivity contribution in [1.82, 2.24) is 4.98 Å². The number of anilines is 1. The minimum Gasteiger partial charge on any atom is -0.378 e. The molecular formula is C16H17IN4. The van der Waals surface area contributed by atoms with Gasteiger partial charge in [0.2, 0.25) is 0 Å². The number of hydrogen-bond donors (Lipinski definition) is 0. The van der Waals surface area contributed by atoms with Crippen LogP contribution < -0.4 is 4.90 Å². The van der Waals surface area contributed by atoms with E-state index in [4.69, 9.17) is 0 Å². The van der Waals surface area contributed by atoms with Gasteiger partial charge in [-0.05, 0) is 45.6 Å². The number of hydrogen-bond acceptors (Lipinski definition) is 4. The van der Waals surface area contributed by atoms with E-state index in [1.807, 2.05) is 36.4 Å². The normalized spacial score (nSPS) is 11.4. The van der Waals surface area contributed by atoms with Crippen molar-refractivity contribution >= 4 is 40.2 Å². The summed E-state index contributed by atoms with van der Waals surface area (Å²) in [6.07, 6.45) is 3.77. The molecule has 0 aliphatic carbocycles. The van der Waals surface area contributed by atoms with Crippen molar-refractivity contribution < 1.29 is 0 Å². The first-order valence-corrected chi connectivity index (χ1v) is 7.80. The molecule has 5 heteroatoms. The molecule has 1 aromatic heterocycles. The van der Waals surface area contributed by atoms with Gasteiger partial charge in [-0.15, -0.1) is 5.11 Å². The van der Waals surface area contributed by atoms with Crippen LogP contribution in [0.3, 0.4) is 0 Å². The number of aromatic nitrogens is 1. The monoisotopic (exact) mass is 392 g/mol. The lowest BCUT2D eigenvalue weighted by atomic mass is 10.2. The van der Waals surface area contributed by atoms with Crippen molar-refractivity contribution in [2.45, 2.75) is 6.54 Å². The van der Waals surface area contributed by atoms with Crippen LogP contribution in [-0.4, -0.2) is 19.1 Å². The molecule has 0 saturated heterocycles. The highest BCUT2D eigenvalue weighted by atomic mass is 127. The fourth-order valence-corrected chi connectivity index (χ4v) is 2.13. The maximum Gasteiger partial charge on any atom is 0.173 e. The number of benzene rings is 1. The lowest BCUT2D eigenvalue weighted by molar-refractivity contribution is 0.945. The van der Waals surface area contributed by atoms with Crippen LogP contribution in [0.4, 0.5) is 11.5 Å². The molecule has 1 heterocycles. The van der Waals surface area contributed by atoms with Crippen LogP contribution in [0.2, 0.25) is 0 Å². The van der Waals surface area contributed by atoms with Crippen molar-refractivity contribution in [2.24, 2.45) is 10.2 Å². The maximum absolute atomic E-state index is 4.24. The molecule has 0 saturated carbocycles. The average molecular weight is 392 g/mol. The van der Waals surface area contributed by atoms with Gasteiger partial charge in [0.25, 0.3) is 0 Å². The Morgan fingerprint density at radius 1 is 1.14 bits per heavy atom. The van der Waals surface area contributed by atoms with Crippen molar-refractivity contribution in [3.8, 4) is 0 Å². The Balaban J connectivity index is 1.95. The van der Waals surface area contributed by atoms with E-state index in [-0.39, 0.29) is 0 Å². The van der Waals surface area contributed by atoms with Crippen LogP contribution in [0.15, 0.2) is 56.9 Å². The van der Waals surface area contributed by atoms with Gasteiger partial charge in [-0.2, -0.15) is 5.11 Å². The minimum absolute atomic E-state index is 0.560. The number of halogens is 1. The molecule has 0 atom stereocenters. The molecule has 0 aliphatic rings. The molecule has 0 fully saturated rings. The van der Waals surface area contributed by atoms with Gasteiger partial charge < -0.3 is 4.90 Å². The summed E-state index contributed by atoms with van der Waals surface area (Å²) >= 11 is 2.18. The lowest BCUT2D eigenvalue weighted by Crippen LogP contribution is -2.08. The Kier molecular flexibility index (Phi) is 5.86. The van der Waals surface area contributed by atoms with Crippen LogP contribution in [0.5, 0.6) is 0 Å². The molecule has 1 aromatic carbocycles. The predicted octanol–water partition coefficient (Wildman–Crippen LogP) is 4.84. The first kappa shape index (κ1) is 15.6. The molecule has 0 bridgehead atoms. The largest absolute Gasteiger partial charge is 0.378 e. The second-order valence-corrected chi connectivity index (χ2v) is 5.42. The fraction of sp³-hybridized carbons (Fsp3) is 0.188. The first-order chi connectivity index (χ1) is 10.2. The first-order valence-electron chi connectivity index (χ1n) is 6.55. The molecule has 0 N–H and O–H groups in total. The number of azo groups is 1. The molecule has 21 heavy (non-hydrogen) atoms. The Labute approximate surface area is 138 Å². The van der Waals surface area contributed by atoms with Crippen molar-refractivity contribution in [1.29, 1.82) is 0 Å². The van der Waals surface area contributed by atoms with Crippen LogP contribution in [0.25, 0.3) is 6.08 Å². The molecule has 0 amide bonds. The summed E-state index contributed by atoms with van der Waals surface area (Å²) in [7, 11) is 4.05. The highest BCUT2D eigenvalue weighted by Gasteiger charge is 1.96. The molecular weight excluding hydrogens is 375 g/mol. The van der Waals surface area contributed by atoms with E-state index in [1.165, 1.54) is 5.69 Å². The van der Waals surface area contributed by atoms with E-state index in [9.17, 15) is 0 Å². The van der Waals surface area contributed by atoms with E-state index >= 15 is 0 Å². The fourth-order valence-electron chi connectivity index (χ4n) is 1.72. The number of pyridine rings is 1. The third kappa shape index (κ3) is 4.93. The Morgan fingerprint density at radius 3 is 2.48 bits per heavy atom. The smallest absolute Gasteiger partial charge is 0.173 e. The zero-order chi connectivity index (χ0) is 15.1. The summed E-state index contributed by atoms with van der Waals surface area (Å²) in [6, 6.07) is 12.1. The summed E-state index contributed by atoms with van der Waals surface area (Å²) in [5, 5.41) is 8.33. The zero-order valence-electron chi connectivity index (χ0n) is 12.1. The van der Waals surface area contributed by atoms with Gasteiger partial charge in [-0.3, -0.25) is 0 Å². The Morgan fingerprint density at radius 2 is 1.90 bits per heavy atom. The van der Waals surface area contributed by atoms with Gasteiger partial charge in [0.15, 0.2) is 5.82 Å². The molecule has 4 nitrogen and oxygen atoms in total. The van der Waals surface area contributed by atoms with E-state index in [0.29, 0.717) is 12.4 Å². The quantitative estimate of drug-likeness (QED) is 0.540. The number of rotatable bonds is 5. The second-order valence-electron chi connectivity index (χ2n) is 4.70. The summed E-state index contributed by atoms with van der Waals surface area (Å²) in [6.45, 7) is 0.560. The summed E-state index contributed by atoms with van der Waals surface area (Å²) in [4.78, 5) is 6.31. The molecule has 2 aromatic rings. The Bertz CT molecular complexity index is 616. The average Bonchev–Trinajstić information content (AvgIpc) is 2.50. The van der Waals surface area contributed by atoms with Gasteiger partial charge in [0, 0.05) is 26.0 Å². The van der Waals surface area contributed by atoms with Gasteiger partial charge in [0.05, 0.1) is 6.54 Å². The van der Waals surface area contributed by atoms with Gasteiger partial charge in [0.1, 0.15) is 0 Å². The van der Waals surface area contributed by atoms with Gasteiger partial charge >= 0.3 is 0 Å². The lowest BCUT2D eigenvalue weighted by Gasteiger charge is -2.11.